The van der Waals surface area contributed by atoms with Gasteiger partial charge < -0.3 is 5.32 Å². The molecule has 1 fully saturated rings. The second-order valence-electron chi connectivity index (χ2n) is 3.51. The van der Waals surface area contributed by atoms with Crippen LogP contribution in [0.2, 0.25) is 0 Å². The van der Waals surface area contributed by atoms with Gasteiger partial charge in [-0.3, -0.25) is 0 Å². The minimum absolute atomic E-state index is 0.161. The lowest BCUT2D eigenvalue weighted by atomic mass is 10.2. The summed E-state index contributed by atoms with van der Waals surface area (Å²) in [6.45, 7) is 1.11. The monoisotopic (exact) mass is 211 g/mol. The maximum atomic E-state index is 12.6. The molecule has 1 nitrogen and oxygen atoms in total. The van der Waals surface area contributed by atoms with Crippen molar-refractivity contribution < 1.29 is 4.39 Å². The van der Waals surface area contributed by atoms with Crippen LogP contribution in [0.5, 0.6) is 0 Å². The van der Waals surface area contributed by atoms with E-state index < -0.39 is 0 Å². The summed E-state index contributed by atoms with van der Waals surface area (Å²) in [6, 6.07) is 6.73. The third-order valence-corrected chi connectivity index (χ3v) is 3.59. The zero-order chi connectivity index (χ0) is 9.80. The molecule has 1 N–H and O–H groups in total. The zero-order valence-electron chi connectivity index (χ0n) is 8.00. The number of rotatable bonds is 2. The Bertz CT molecular complexity index is 280. The molecule has 1 aliphatic rings. The maximum absolute atomic E-state index is 12.6. The first-order valence-corrected chi connectivity index (χ1v) is 5.88. The van der Waals surface area contributed by atoms with E-state index in [0.717, 1.165) is 11.4 Å². The number of benzene rings is 1. The van der Waals surface area contributed by atoms with Crippen molar-refractivity contribution >= 4 is 11.8 Å². The van der Waals surface area contributed by atoms with Crippen molar-refractivity contribution in [2.45, 2.75) is 29.5 Å². The van der Waals surface area contributed by atoms with E-state index in [9.17, 15) is 4.39 Å². The molecule has 14 heavy (non-hydrogen) atoms. The van der Waals surface area contributed by atoms with Crippen molar-refractivity contribution in [1.82, 2.24) is 5.32 Å². The summed E-state index contributed by atoms with van der Waals surface area (Å²) >= 11 is 1.80. The molecule has 1 unspecified atom stereocenters. The fourth-order valence-electron chi connectivity index (χ4n) is 1.60. The number of halogens is 1. The molecule has 3 heteroatoms. The number of nitrogens with one attached hydrogen (secondary N) is 1. The molecule has 1 aromatic rings. The van der Waals surface area contributed by atoms with E-state index in [1.54, 1.807) is 11.8 Å². The molecule has 1 heterocycles. The van der Waals surface area contributed by atoms with Gasteiger partial charge in [-0.2, -0.15) is 0 Å². The molecule has 1 aliphatic heterocycles. The van der Waals surface area contributed by atoms with Crippen LogP contribution < -0.4 is 5.32 Å². The van der Waals surface area contributed by atoms with Gasteiger partial charge in [0.1, 0.15) is 5.82 Å². The zero-order valence-corrected chi connectivity index (χ0v) is 8.82. The predicted molar refractivity (Wildman–Crippen MR) is 57.9 cm³/mol. The Morgan fingerprint density at radius 3 is 2.64 bits per heavy atom. The number of hydrogen-bond donors (Lipinski definition) is 1. The lowest BCUT2D eigenvalue weighted by Crippen LogP contribution is -2.30. The smallest absolute Gasteiger partial charge is 0.123 e. The van der Waals surface area contributed by atoms with Gasteiger partial charge in [0.15, 0.2) is 0 Å². The topological polar surface area (TPSA) is 12.0 Å². The van der Waals surface area contributed by atoms with E-state index in [0.29, 0.717) is 5.37 Å². The summed E-state index contributed by atoms with van der Waals surface area (Å²) < 4.78 is 12.6. The molecule has 0 bridgehead atoms. The highest BCUT2D eigenvalue weighted by atomic mass is 32.2. The Morgan fingerprint density at radius 2 is 2.00 bits per heavy atom. The standard InChI is InChI=1S/C11H14FNS/c12-9-4-6-10(7-5-9)14-11-3-1-2-8-13-11/h4-7,11,13H,1-3,8H2. The Balaban J connectivity index is 1.92. The Kier molecular flexibility index (Phi) is 3.43. The van der Waals surface area contributed by atoms with Gasteiger partial charge in [0.25, 0.3) is 0 Å². The quantitative estimate of drug-likeness (QED) is 0.807. The third-order valence-electron chi connectivity index (χ3n) is 2.36. The van der Waals surface area contributed by atoms with Crippen LogP contribution in [-0.4, -0.2) is 11.9 Å². The van der Waals surface area contributed by atoms with Gasteiger partial charge in [-0.15, -0.1) is 11.8 Å². The average Bonchev–Trinajstić information content (AvgIpc) is 2.23. The SMILES string of the molecule is Fc1ccc(SC2CCCCN2)cc1. The third kappa shape index (κ3) is 2.72. The predicted octanol–water partition coefficient (Wildman–Crippen LogP) is 3.02. The van der Waals surface area contributed by atoms with E-state index in [1.165, 1.54) is 31.4 Å². The van der Waals surface area contributed by atoms with E-state index in [-0.39, 0.29) is 5.82 Å². The van der Waals surface area contributed by atoms with Crippen LogP contribution in [0.15, 0.2) is 29.2 Å². The second-order valence-corrected chi connectivity index (χ2v) is 4.79. The van der Waals surface area contributed by atoms with E-state index >= 15 is 0 Å². The summed E-state index contributed by atoms with van der Waals surface area (Å²) in [5.74, 6) is -0.161. The summed E-state index contributed by atoms with van der Waals surface area (Å²) in [5, 5.41) is 3.96. The van der Waals surface area contributed by atoms with Gasteiger partial charge >= 0.3 is 0 Å². The Labute approximate surface area is 88.1 Å². The first-order valence-electron chi connectivity index (χ1n) is 5.00. The van der Waals surface area contributed by atoms with Crippen LogP contribution in [0.4, 0.5) is 4.39 Å². The van der Waals surface area contributed by atoms with Gasteiger partial charge in [0.2, 0.25) is 0 Å². The molecule has 0 radical (unpaired) electrons. The molecule has 76 valence electrons. The van der Waals surface area contributed by atoms with E-state index in [2.05, 4.69) is 5.32 Å². The second kappa shape index (κ2) is 4.80. The summed E-state index contributed by atoms with van der Waals surface area (Å²) in [5.41, 5.74) is 0. The average molecular weight is 211 g/mol. The first-order chi connectivity index (χ1) is 6.84. The van der Waals surface area contributed by atoms with E-state index in [1.807, 2.05) is 12.1 Å². The van der Waals surface area contributed by atoms with Crippen molar-refractivity contribution in [3.63, 3.8) is 0 Å². The van der Waals surface area contributed by atoms with Crippen molar-refractivity contribution in [2.75, 3.05) is 6.54 Å². The lowest BCUT2D eigenvalue weighted by Gasteiger charge is -2.22. The molecule has 0 amide bonds. The largest absolute Gasteiger partial charge is 0.305 e. The van der Waals surface area contributed by atoms with Crippen LogP contribution >= 0.6 is 11.8 Å². The lowest BCUT2D eigenvalue weighted by molar-refractivity contribution is 0.491. The van der Waals surface area contributed by atoms with Gasteiger partial charge in [0.05, 0.1) is 5.37 Å². The van der Waals surface area contributed by atoms with Crippen LogP contribution in [-0.2, 0) is 0 Å². The first kappa shape index (κ1) is 9.99. The minimum atomic E-state index is -0.161. The summed E-state index contributed by atoms with van der Waals surface area (Å²) in [4.78, 5) is 1.14. The minimum Gasteiger partial charge on any atom is -0.305 e. The molecule has 1 atom stereocenters. The number of piperidine rings is 1. The molecule has 0 saturated carbocycles. The molecule has 2 rings (SSSR count). The van der Waals surface area contributed by atoms with Crippen molar-refractivity contribution in [1.29, 1.82) is 0 Å². The van der Waals surface area contributed by atoms with Crippen LogP contribution in [0, 0.1) is 5.82 Å². The molecular weight excluding hydrogens is 197 g/mol. The van der Waals surface area contributed by atoms with Gasteiger partial charge in [0, 0.05) is 4.90 Å². The van der Waals surface area contributed by atoms with Crippen LogP contribution in [0.1, 0.15) is 19.3 Å². The number of thioether (sulfide) groups is 1. The van der Waals surface area contributed by atoms with Gasteiger partial charge in [-0.1, -0.05) is 0 Å². The molecule has 1 saturated heterocycles. The molecule has 0 aliphatic carbocycles. The summed E-state index contributed by atoms with van der Waals surface area (Å²) in [7, 11) is 0. The Hall–Kier alpha value is -0.540. The maximum Gasteiger partial charge on any atom is 0.123 e. The molecule has 1 aromatic carbocycles. The van der Waals surface area contributed by atoms with Gasteiger partial charge in [-0.05, 0) is 50.1 Å². The highest BCUT2D eigenvalue weighted by Crippen LogP contribution is 2.26. The normalized spacial score (nSPS) is 22.2. The Morgan fingerprint density at radius 1 is 1.21 bits per heavy atom. The van der Waals surface area contributed by atoms with Gasteiger partial charge in [-0.25, -0.2) is 4.39 Å². The molecular formula is C11H14FNS. The van der Waals surface area contributed by atoms with Crippen molar-refractivity contribution in [3.05, 3.63) is 30.1 Å². The highest BCUT2D eigenvalue weighted by molar-refractivity contribution is 7.99. The molecule has 0 spiro atoms. The fourth-order valence-corrected chi connectivity index (χ4v) is 2.71. The van der Waals surface area contributed by atoms with E-state index in [4.69, 9.17) is 0 Å². The van der Waals surface area contributed by atoms with Crippen molar-refractivity contribution in [3.8, 4) is 0 Å². The van der Waals surface area contributed by atoms with Crippen LogP contribution in [0.25, 0.3) is 0 Å². The molecule has 0 aromatic heterocycles. The fraction of sp³-hybridized carbons (Fsp3) is 0.455. The highest BCUT2D eigenvalue weighted by Gasteiger charge is 2.13. The van der Waals surface area contributed by atoms with Crippen LogP contribution in [0.3, 0.4) is 0 Å². The summed E-state index contributed by atoms with van der Waals surface area (Å²) in [6.07, 6.45) is 3.79. The number of hydrogen-bond acceptors (Lipinski definition) is 2. The van der Waals surface area contributed by atoms with Crippen molar-refractivity contribution in [2.24, 2.45) is 0 Å².